The Balaban J connectivity index is 1.62. The summed E-state index contributed by atoms with van der Waals surface area (Å²) in [4.78, 5) is 12.5. The van der Waals surface area contributed by atoms with Gasteiger partial charge in [0, 0.05) is 12.5 Å². The molecule has 4 rings (SSSR count). The molecule has 2 N–H and O–H groups in total. The van der Waals surface area contributed by atoms with E-state index in [9.17, 15) is 15.0 Å². The number of carbonyl (C=O) groups excluding carboxylic acids is 1. The van der Waals surface area contributed by atoms with Crippen LogP contribution in [0.1, 0.15) is 71.6 Å². The summed E-state index contributed by atoms with van der Waals surface area (Å²) in [5.74, 6) is 2.96. The minimum absolute atomic E-state index is 0.0179. The van der Waals surface area contributed by atoms with E-state index in [4.69, 9.17) is 0 Å². The van der Waals surface area contributed by atoms with Gasteiger partial charge in [0.25, 0.3) is 0 Å². The number of carbonyl (C=O) groups is 1. The zero-order valence-electron chi connectivity index (χ0n) is 16.3. The second-order valence-electron chi connectivity index (χ2n) is 10.5. The molecule has 0 amide bonds. The van der Waals surface area contributed by atoms with Crippen molar-refractivity contribution in [2.75, 3.05) is 11.9 Å². The van der Waals surface area contributed by atoms with Gasteiger partial charge in [0.15, 0.2) is 0 Å². The fourth-order valence-electron chi connectivity index (χ4n) is 8.16. The predicted octanol–water partition coefficient (Wildman–Crippen LogP) is 4.33. The van der Waals surface area contributed by atoms with Gasteiger partial charge in [-0.05, 0) is 99.2 Å². The number of fused-ring (bicyclic) bond motifs is 5. The third-order valence-corrected chi connectivity index (χ3v) is 10.0. The molecule has 0 bridgehead atoms. The van der Waals surface area contributed by atoms with Gasteiger partial charge in [-0.1, -0.05) is 22.9 Å². The van der Waals surface area contributed by atoms with E-state index in [1.165, 1.54) is 12.8 Å². The van der Waals surface area contributed by atoms with Gasteiger partial charge in [0.2, 0.25) is 0 Å². The molecule has 4 aliphatic carbocycles. The van der Waals surface area contributed by atoms with Crippen LogP contribution in [-0.4, -0.2) is 33.5 Å². The lowest BCUT2D eigenvalue weighted by molar-refractivity contribution is -0.171. The first-order valence-corrected chi connectivity index (χ1v) is 11.8. The first kappa shape index (κ1) is 19.4. The first-order valence-electron chi connectivity index (χ1n) is 10.7. The molecule has 0 aliphatic heterocycles. The maximum Gasteiger partial charge on any atom is 0.147 e. The molecule has 1 unspecified atom stereocenters. The molecule has 0 aromatic carbocycles. The Hall–Kier alpha value is 0.0700. The molecule has 4 aliphatic rings. The van der Waals surface area contributed by atoms with Crippen molar-refractivity contribution in [3.63, 3.8) is 0 Å². The second-order valence-corrected chi connectivity index (χ2v) is 11.1. The van der Waals surface area contributed by atoms with E-state index in [1.54, 1.807) is 0 Å². The molecule has 3 nitrogen and oxygen atoms in total. The summed E-state index contributed by atoms with van der Waals surface area (Å²) in [5, 5.41) is 21.6. The lowest BCUT2D eigenvalue weighted by atomic mass is 9.43. The summed E-state index contributed by atoms with van der Waals surface area (Å²) in [5.41, 5.74) is -0.375. The van der Waals surface area contributed by atoms with Crippen LogP contribution in [0.4, 0.5) is 0 Å². The van der Waals surface area contributed by atoms with Gasteiger partial charge in [-0.2, -0.15) is 0 Å². The molecule has 4 heteroatoms. The minimum Gasteiger partial charge on any atom is -0.396 e. The lowest BCUT2D eigenvalue weighted by Gasteiger charge is -2.62. The Bertz CT molecular complexity index is 576. The van der Waals surface area contributed by atoms with Crippen molar-refractivity contribution in [3.05, 3.63) is 0 Å². The Labute approximate surface area is 166 Å². The van der Waals surface area contributed by atoms with E-state index in [0.717, 1.165) is 44.9 Å². The van der Waals surface area contributed by atoms with Gasteiger partial charge in [-0.25, -0.2) is 0 Å². The van der Waals surface area contributed by atoms with Crippen LogP contribution in [0.5, 0.6) is 0 Å². The molecule has 0 saturated heterocycles. The van der Waals surface area contributed by atoms with Crippen LogP contribution in [0.15, 0.2) is 0 Å². The van der Waals surface area contributed by atoms with E-state index in [0.29, 0.717) is 34.8 Å². The van der Waals surface area contributed by atoms with Gasteiger partial charge in [-0.3, -0.25) is 4.79 Å². The van der Waals surface area contributed by atoms with Crippen molar-refractivity contribution in [1.82, 2.24) is 0 Å². The number of aliphatic hydroxyl groups is 2. The van der Waals surface area contributed by atoms with Crippen molar-refractivity contribution in [1.29, 1.82) is 0 Å². The number of aliphatic hydroxyl groups excluding tert-OH is 1. The maximum absolute atomic E-state index is 12.5. The van der Waals surface area contributed by atoms with Crippen molar-refractivity contribution in [2.45, 2.75) is 77.2 Å². The highest BCUT2D eigenvalue weighted by molar-refractivity contribution is 9.09. The van der Waals surface area contributed by atoms with Crippen LogP contribution < -0.4 is 0 Å². The zero-order valence-corrected chi connectivity index (χ0v) is 17.9. The lowest BCUT2D eigenvalue weighted by Crippen LogP contribution is -2.58. The summed E-state index contributed by atoms with van der Waals surface area (Å²) in [7, 11) is 0. The van der Waals surface area contributed by atoms with Gasteiger partial charge in [0.05, 0.1) is 10.9 Å². The fourth-order valence-corrected chi connectivity index (χ4v) is 8.56. The van der Waals surface area contributed by atoms with Crippen molar-refractivity contribution >= 4 is 21.7 Å². The zero-order chi connectivity index (χ0) is 18.7. The van der Waals surface area contributed by atoms with Gasteiger partial charge >= 0.3 is 0 Å². The number of alkyl halides is 1. The van der Waals surface area contributed by atoms with E-state index < -0.39 is 5.60 Å². The molecule has 0 radical (unpaired) electrons. The first-order chi connectivity index (χ1) is 12.3. The van der Waals surface area contributed by atoms with Gasteiger partial charge in [0.1, 0.15) is 5.78 Å². The second kappa shape index (κ2) is 6.56. The summed E-state index contributed by atoms with van der Waals surface area (Å²) >= 11 is 3.40. The van der Waals surface area contributed by atoms with Crippen LogP contribution >= 0.6 is 15.9 Å². The van der Waals surface area contributed by atoms with Gasteiger partial charge in [-0.15, -0.1) is 0 Å². The number of halogens is 1. The summed E-state index contributed by atoms with van der Waals surface area (Å²) in [6, 6.07) is 0. The molecule has 4 saturated carbocycles. The monoisotopic (exact) mass is 426 g/mol. The van der Waals surface area contributed by atoms with E-state index >= 15 is 0 Å². The number of Topliss-reactive ketones (excluding diaryl/α,β-unsaturated/α-hetero) is 1. The molecule has 148 valence electrons. The third-order valence-electron chi connectivity index (χ3n) is 9.47. The summed E-state index contributed by atoms with van der Waals surface area (Å²) in [6.07, 6.45) is 9.53. The SMILES string of the molecule is C[C@@]1(O)CCC2(CO)[C@@H](CC[C@@H]3[C@@H]2CC[C@]2(C)[C@@H](C(=O)CBr)CC[C@@H]32)C1. The van der Waals surface area contributed by atoms with Crippen LogP contribution in [0.3, 0.4) is 0 Å². The Morgan fingerprint density at radius 1 is 1.04 bits per heavy atom. The molecule has 0 aromatic rings. The van der Waals surface area contributed by atoms with Crippen molar-refractivity contribution in [2.24, 2.45) is 40.4 Å². The Morgan fingerprint density at radius 2 is 1.81 bits per heavy atom. The van der Waals surface area contributed by atoms with Crippen LogP contribution in [-0.2, 0) is 4.79 Å². The summed E-state index contributed by atoms with van der Waals surface area (Å²) in [6.45, 7) is 4.64. The molecule has 0 heterocycles. The minimum atomic E-state index is -0.555. The molecule has 26 heavy (non-hydrogen) atoms. The Morgan fingerprint density at radius 3 is 2.50 bits per heavy atom. The topological polar surface area (TPSA) is 57.5 Å². The largest absolute Gasteiger partial charge is 0.396 e. The molecule has 4 fully saturated rings. The highest BCUT2D eigenvalue weighted by atomic mass is 79.9. The standard InChI is InChI=1S/C22H35BrO3/c1-20(26)9-10-22(13-24)14(11-20)3-4-15-16-5-6-18(19(25)12-23)21(16,2)8-7-17(15)22/h14-18,24,26H,3-13H2,1-2H3/t14-,15-,16-,17-,18+,20+,21-,22?/m0/s1. The normalized spacial score (nSPS) is 53.5. The third kappa shape index (κ3) is 2.69. The van der Waals surface area contributed by atoms with E-state index in [2.05, 4.69) is 22.9 Å². The van der Waals surface area contributed by atoms with Crippen LogP contribution in [0.25, 0.3) is 0 Å². The number of rotatable bonds is 3. The highest BCUT2D eigenvalue weighted by Crippen LogP contribution is 2.68. The number of hydrogen-bond acceptors (Lipinski definition) is 3. The smallest absolute Gasteiger partial charge is 0.147 e. The van der Waals surface area contributed by atoms with Crippen LogP contribution in [0.2, 0.25) is 0 Å². The quantitative estimate of drug-likeness (QED) is 0.659. The molecular weight excluding hydrogens is 392 g/mol. The Kier molecular flexibility index (Phi) is 4.89. The fraction of sp³-hybridized carbons (Fsp3) is 0.955. The molecular formula is C22H35BrO3. The van der Waals surface area contributed by atoms with E-state index in [-0.39, 0.29) is 23.4 Å². The van der Waals surface area contributed by atoms with Gasteiger partial charge < -0.3 is 10.2 Å². The summed E-state index contributed by atoms with van der Waals surface area (Å²) < 4.78 is 0. The van der Waals surface area contributed by atoms with Crippen LogP contribution in [0, 0.1) is 40.4 Å². The highest BCUT2D eigenvalue weighted by Gasteiger charge is 2.62. The molecule has 0 aromatic heterocycles. The molecule has 8 atom stereocenters. The average Bonchev–Trinajstić information content (AvgIpc) is 2.97. The van der Waals surface area contributed by atoms with E-state index in [1.807, 2.05) is 6.92 Å². The van der Waals surface area contributed by atoms with Crippen molar-refractivity contribution in [3.8, 4) is 0 Å². The average molecular weight is 427 g/mol. The number of ketones is 1. The van der Waals surface area contributed by atoms with Crippen molar-refractivity contribution < 1.29 is 15.0 Å². The number of hydrogen-bond donors (Lipinski definition) is 2. The molecule has 0 spiro atoms. The predicted molar refractivity (Wildman–Crippen MR) is 106 cm³/mol. The maximum atomic E-state index is 12.5.